The van der Waals surface area contributed by atoms with Gasteiger partial charge in [0.05, 0.1) is 12.1 Å². The van der Waals surface area contributed by atoms with Gasteiger partial charge in [0.25, 0.3) is 5.91 Å². The lowest BCUT2D eigenvalue weighted by Gasteiger charge is -2.34. The van der Waals surface area contributed by atoms with E-state index < -0.39 is 42.0 Å². The van der Waals surface area contributed by atoms with Crippen LogP contribution in [-0.4, -0.2) is 36.3 Å². The number of anilines is 1. The standard InChI is InChI=1S/C27H36F3N5O3/c1-15-6-7-17(16(2)8-15)13-33-22(26(3,4)5)12-21(24(32)37)35-23(36)14-34-25(38)18-9-19(27(28,29)30)11-20(31)10-18/h6-11,21-22,33H,12-14,31H2,1-5H3,(H2,32,37)(H,34,38)(H,35,36). The second kappa shape index (κ2) is 12.3. The molecule has 2 aromatic rings. The van der Waals surface area contributed by atoms with E-state index in [1.54, 1.807) is 0 Å². The molecule has 2 rings (SSSR count). The highest BCUT2D eigenvalue weighted by molar-refractivity contribution is 5.98. The van der Waals surface area contributed by atoms with Crippen molar-refractivity contribution in [2.24, 2.45) is 11.1 Å². The van der Waals surface area contributed by atoms with Crippen molar-refractivity contribution in [3.63, 3.8) is 0 Å². The van der Waals surface area contributed by atoms with Gasteiger partial charge in [-0.25, -0.2) is 0 Å². The Morgan fingerprint density at radius 2 is 1.66 bits per heavy atom. The molecule has 2 aromatic carbocycles. The average Bonchev–Trinajstić information content (AvgIpc) is 2.78. The molecule has 0 heterocycles. The molecule has 0 bridgehead atoms. The van der Waals surface area contributed by atoms with Gasteiger partial charge in [0, 0.05) is 23.8 Å². The average molecular weight is 536 g/mol. The number of nitrogen functional groups attached to an aromatic ring is 1. The second-order valence-electron chi connectivity index (χ2n) is 10.5. The highest BCUT2D eigenvalue weighted by Crippen LogP contribution is 2.31. The summed E-state index contributed by atoms with van der Waals surface area (Å²) in [5.74, 6) is -2.39. The monoisotopic (exact) mass is 535 g/mol. The molecule has 0 radical (unpaired) electrons. The van der Waals surface area contributed by atoms with Crippen molar-refractivity contribution in [1.29, 1.82) is 0 Å². The van der Waals surface area contributed by atoms with Crippen LogP contribution in [0, 0.1) is 19.3 Å². The van der Waals surface area contributed by atoms with Gasteiger partial charge >= 0.3 is 6.18 Å². The zero-order valence-corrected chi connectivity index (χ0v) is 22.3. The van der Waals surface area contributed by atoms with Crippen molar-refractivity contribution < 1.29 is 27.6 Å². The normalized spacial score (nSPS) is 13.5. The first-order chi connectivity index (χ1) is 17.5. The van der Waals surface area contributed by atoms with Crippen molar-refractivity contribution >= 4 is 23.4 Å². The Balaban J connectivity index is 2.04. The number of carbonyl (C=O) groups is 3. The number of hydrogen-bond donors (Lipinski definition) is 5. The Kier molecular flexibility index (Phi) is 9.91. The maximum absolute atomic E-state index is 13.0. The lowest BCUT2D eigenvalue weighted by molar-refractivity contribution is -0.137. The summed E-state index contributed by atoms with van der Waals surface area (Å²) < 4.78 is 39.1. The van der Waals surface area contributed by atoms with Gasteiger partial charge in [0.1, 0.15) is 6.04 Å². The molecular weight excluding hydrogens is 499 g/mol. The van der Waals surface area contributed by atoms with Crippen molar-refractivity contribution in [3.05, 3.63) is 64.2 Å². The maximum atomic E-state index is 13.0. The first-order valence-corrected chi connectivity index (χ1v) is 12.1. The van der Waals surface area contributed by atoms with Crippen LogP contribution in [0.3, 0.4) is 0 Å². The number of primary amides is 1. The third-order valence-electron chi connectivity index (χ3n) is 6.19. The number of alkyl halides is 3. The van der Waals surface area contributed by atoms with Crippen molar-refractivity contribution in [1.82, 2.24) is 16.0 Å². The van der Waals surface area contributed by atoms with E-state index in [-0.39, 0.29) is 29.1 Å². The van der Waals surface area contributed by atoms with E-state index in [2.05, 4.69) is 22.0 Å². The molecule has 0 aromatic heterocycles. The number of rotatable bonds is 10. The number of hydrogen-bond acceptors (Lipinski definition) is 5. The van der Waals surface area contributed by atoms with Crippen LogP contribution in [0.15, 0.2) is 36.4 Å². The largest absolute Gasteiger partial charge is 0.416 e. The van der Waals surface area contributed by atoms with Crippen LogP contribution in [0.1, 0.15) is 59.8 Å². The molecule has 0 aliphatic heterocycles. The third kappa shape index (κ3) is 9.05. The molecule has 8 nitrogen and oxygen atoms in total. The summed E-state index contributed by atoms with van der Waals surface area (Å²) in [6, 6.07) is 7.30. The smallest absolute Gasteiger partial charge is 0.399 e. The fourth-order valence-corrected chi connectivity index (χ4v) is 3.96. The minimum Gasteiger partial charge on any atom is -0.399 e. The SMILES string of the molecule is Cc1ccc(CNC(CC(NC(=O)CNC(=O)c2cc(N)cc(C(F)(F)F)c2)C(N)=O)C(C)(C)C)c(C)c1. The molecule has 0 saturated carbocycles. The molecule has 11 heteroatoms. The molecule has 0 aliphatic rings. The fraction of sp³-hybridized carbons (Fsp3) is 0.444. The molecule has 38 heavy (non-hydrogen) atoms. The molecule has 0 aliphatic carbocycles. The highest BCUT2D eigenvalue weighted by Gasteiger charge is 2.32. The molecule has 208 valence electrons. The van der Waals surface area contributed by atoms with E-state index in [9.17, 15) is 27.6 Å². The van der Waals surface area contributed by atoms with Crippen LogP contribution in [0.4, 0.5) is 18.9 Å². The van der Waals surface area contributed by atoms with Gasteiger partial charge in [-0.05, 0) is 55.0 Å². The van der Waals surface area contributed by atoms with E-state index in [1.807, 2.05) is 46.8 Å². The lowest BCUT2D eigenvalue weighted by Crippen LogP contribution is -2.53. The van der Waals surface area contributed by atoms with E-state index >= 15 is 0 Å². The minimum atomic E-state index is -4.69. The number of halogens is 3. The Morgan fingerprint density at radius 3 is 2.21 bits per heavy atom. The maximum Gasteiger partial charge on any atom is 0.416 e. The quantitative estimate of drug-likeness (QED) is 0.297. The highest BCUT2D eigenvalue weighted by atomic mass is 19.4. The molecule has 7 N–H and O–H groups in total. The van der Waals surface area contributed by atoms with E-state index in [1.165, 1.54) is 0 Å². The zero-order chi connectivity index (χ0) is 28.8. The van der Waals surface area contributed by atoms with Crippen LogP contribution in [0.25, 0.3) is 0 Å². The number of nitrogens with one attached hydrogen (secondary N) is 3. The summed E-state index contributed by atoms with van der Waals surface area (Å²) >= 11 is 0. The van der Waals surface area contributed by atoms with Crippen LogP contribution >= 0.6 is 0 Å². The number of carbonyl (C=O) groups excluding carboxylic acids is 3. The predicted octanol–water partition coefficient (Wildman–Crippen LogP) is 3.20. The molecule has 3 amide bonds. The van der Waals surface area contributed by atoms with E-state index in [0.29, 0.717) is 18.7 Å². The van der Waals surface area contributed by atoms with Crippen LogP contribution in [0.5, 0.6) is 0 Å². The topological polar surface area (TPSA) is 139 Å². The lowest BCUT2D eigenvalue weighted by atomic mass is 9.82. The predicted molar refractivity (Wildman–Crippen MR) is 140 cm³/mol. The van der Waals surface area contributed by atoms with E-state index in [0.717, 1.165) is 22.8 Å². The van der Waals surface area contributed by atoms with Gasteiger partial charge in [-0.15, -0.1) is 0 Å². The van der Waals surface area contributed by atoms with Crippen molar-refractivity contribution in [3.8, 4) is 0 Å². The number of amides is 3. The van der Waals surface area contributed by atoms with Gasteiger partial charge in [-0.2, -0.15) is 13.2 Å². The molecule has 0 fully saturated rings. The summed E-state index contributed by atoms with van der Waals surface area (Å²) in [5, 5.41) is 8.22. The summed E-state index contributed by atoms with van der Waals surface area (Å²) in [7, 11) is 0. The van der Waals surface area contributed by atoms with Gasteiger partial charge in [0.15, 0.2) is 0 Å². The van der Waals surface area contributed by atoms with Crippen LogP contribution in [-0.2, 0) is 22.3 Å². The van der Waals surface area contributed by atoms with E-state index in [4.69, 9.17) is 11.5 Å². The molecule has 0 saturated heterocycles. The summed E-state index contributed by atoms with van der Waals surface area (Å²) in [4.78, 5) is 37.0. The van der Waals surface area contributed by atoms with Crippen LogP contribution < -0.4 is 27.4 Å². The van der Waals surface area contributed by atoms with Crippen LogP contribution in [0.2, 0.25) is 0 Å². The second-order valence-corrected chi connectivity index (χ2v) is 10.5. The molecule has 0 spiro atoms. The van der Waals surface area contributed by atoms with Gasteiger partial charge in [-0.3, -0.25) is 14.4 Å². The summed E-state index contributed by atoms with van der Waals surface area (Å²) in [6.07, 6.45) is -4.50. The molecule has 2 atom stereocenters. The third-order valence-corrected chi connectivity index (χ3v) is 6.19. The summed E-state index contributed by atoms with van der Waals surface area (Å²) in [6.45, 7) is 9.98. The van der Waals surface area contributed by atoms with Gasteiger partial charge < -0.3 is 27.4 Å². The summed E-state index contributed by atoms with van der Waals surface area (Å²) in [5.41, 5.74) is 12.5. The van der Waals surface area contributed by atoms with Crippen molar-refractivity contribution in [2.75, 3.05) is 12.3 Å². The first kappa shape index (κ1) is 30.6. The Bertz CT molecular complexity index is 1180. The minimum absolute atomic E-state index is 0.188. The van der Waals surface area contributed by atoms with Gasteiger partial charge in [0.2, 0.25) is 11.8 Å². The first-order valence-electron chi connectivity index (χ1n) is 12.1. The zero-order valence-electron chi connectivity index (χ0n) is 22.3. The van der Waals surface area contributed by atoms with Gasteiger partial charge in [-0.1, -0.05) is 44.5 Å². The molecular formula is C27H36F3N5O3. The fourth-order valence-electron chi connectivity index (χ4n) is 3.96. The molecule has 2 unspecified atom stereocenters. The number of nitrogens with two attached hydrogens (primary N) is 2. The van der Waals surface area contributed by atoms with Crippen molar-refractivity contribution in [2.45, 2.75) is 65.8 Å². The number of aryl methyl sites for hydroxylation is 2. The Labute approximate surface area is 220 Å². The Hall–Kier alpha value is -3.60. The number of benzene rings is 2. The Morgan fingerprint density at radius 1 is 1.00 bits per heavy atom.